The fourth-order valence-corrected chi connectivity index (χ4v) is 4.52. The predicted octanol–water partition coefficient (Wildman–Crippen LogP) is 4.25. The molecule has 1 aromatic carbocycles. The summed E-state index contributed by atoms with van der Waals surface area (Å²) < 4.78 is 50.3. The van der Waals surface area contributed by atoms with E-state index in [0.717, 1.165) is 31.6 Å². The van der Waals surface area contributed by atoms with Crippen molar-refractivity contribution in [1.82, 2.24) is 10.2 Å². The highest BCUT2D eigenvalue weighted by atomic mass is 19.4. The van der Waals surface area contributed by atoms with Gasteiger partial charge in [-0.1, -0.05) is 25.0 Å². The fraction of sp³-hybridized carbons (Fsp3) is 0.682. The van der Waals surface area contributed by atoms with Crippen LogP contribution in [0.2, 0.25) is 0 Å². The highest BCUT2D eigenvalue weighted by Crippen LogP contribution is 2.40. The SMILES string of the molecule is CN=C(NCC1(CCOC)CCCC1)N1CCOC(c2cccc(C(F)(F)F)c2)C1. The van der Waals surface area contributed by atoms with Gasteiger partial charge in [-0.2, -0.15) is 13.2 Å². The second-order valence-electron chi connectivity index (χ2n) is 8.28. The van der Waals surface area contributed by atoms with E-state index in [1.165, 1.54) is 37.8 Å². The van der Waals surface area contributed by atoms with E-state index in [4.69, 9.17) is 9.47 Å². The van der Waals surface area contributed by atoms with Gasteiger partial charge in [0.25, 0.3) is 0 Å². The van der Waals surface area contributed by atoms with Crippen LogP contribution in [-0.4, -0.2) is 57.9 Å². The van der Waals surface area contributed by atoms with Crippen molar-refractivity contribution in [3.8, 4) is 0 Å². The Hall–Kier alpha value is -1.80. The van der Waals surface area contributed by atoms with Gasteiger partial charge in [-0.25, -0.2) is 0 Å². The molecule has 1 aliphatic carbocycles. The zero-order valence-corrected chi connectivity index (χ0v) is 17.8. The summed E-state index contributed by atoms with van der Waals surface area (Å²) in [5.74, 6) is 0.777. The Morgan fingerprint density at radius 1 is 1.33 bits per heavy atom. The quantitative estimate of drug-likeness (QED) is 0.545. The molecule has 1 saturated heterocycles. The van der Waals surface area contributed by atoms with Crippen molar-refractivity contribution in [3.63, 3.8) is 0 Å². The summed E-state index contributed by atoms with van der Waals surface area (Å²) in [6.45, 7) is 3.13. The minimum Gasteiger partial charge on any atom is -0.385 e. The number of methoxy groups -OCH3 is 1. The van der Waals surface area contributed by atoms with Crippen molar-refractivity contribution in [2.45, 2.75) is 44.4 Å². The van der Waals surface area contributed by atoms with E-state index in [9.17, 15) is 13.2 Å². The molecule has 5 nitrogen and oxygen atoms in total. The highest BCUT2D eigenvalue weighted by molar-refractivity contribution is 5.80. The maximum atomic E-state index is 13.1. The number of halogens is 3. The number of alkyl halides is 3. The van der Waals surface area contributed by atoms with Gasteiger partial charge in [-0.05, 0) is 42.4 Å². The molecule has 1 heterocycles. The summed E-state index contributed by atoms with van der Waals surface area (Å²) in [4.78, 5) is 6.51. The molecule has 2 fully saturated rings. The second kappa shape index (κ2) is 10.0. The second-order valence-corrected chi connectivity index (χ2v) is 8.28. The summed E-state index contributed by atoms with van der Waals surface area (Å²) >= 11 is 0. The van der Waals surface area contributed by atoms with Crippen LogP contribution >= 0.6 is 0 Å². The van der Waals surface area contributed by atoms with Crippen molar-refractivity contribution >= 4 is 5.96 Å². The van der Waals surface area contributed by atoms with Gasteiger partial charge in [0.05, 0.1) is 18.7 Å². The van der Waals surface area contributed by atoms with Crippen molar-refractivity contribution in [1.29, 1.82) is 0 Å². The molecular weight excluding hydrogens is 395 g/mol. The molecule has 8 heteroatoms. The molecule has 1 aliphatic heterocycles. The van der Waals surface area contributed by atoms with E-state index >= 15 is 0 Å². The number of aliphatic imine (C=N–C) groups is 1. The topological polar surface area (TPSA) is 46.1 Å². The number of ether oxygens (including phenoxy) is 2. The zero-order valence-electron chi connectivity index (χ0n) is 17.8. The summed E-state index contributed by atoms with van der Waals surface area (Å²) in [5.41, 5.74) is 0.112. The first kappa shape index (κ1) is 22.9. The molecule has 0 amide bonds. The molecule has 1 saturated carbocycles. The largest absolute Gasteiger partial charge is 0.416 e. The van der Waals surface area contributed by atoms with Crippen molar-refractivity contribution in [3.05, 3.63) is 35.4 Å². The Morgan fingerprint density at radius 2 is 2.10 bits per heavy atom. The highest BCUT2D eigenvalue weighted by Gasteiger charge is 2.35. The molecule has 1 atom stereocenters. The van der Waals surface area contributed by atoms with Gasteiger partial charge in [-0.3, -0.25) is 4.99 Å². The standard InChI is InChI=1S/C22H32F3N3O2/c1-26-20(27-16-21(10-12-29-2)8-3-4-9-21)28-11-13-30-19(15-28)17-6-5-7-18(14-17)22(23,24)25/h5-7,14,19H,3-4,8-13,15-16H2,1-2H3,(H,26,27). The van der Waals surface area contributed by atoms with Crippen LogP contribution in [0.3, 0.4) is 0 Å². The lowest BCUT2D eigenvalue weighted by Crippen LogP contribution is -2.50. The maximum Gasteiger partial charge on any atom is 0.416 e. The third kappa shape index (κ3) is 5.66. The number of nitrogens with zero attached hydrogens (tertiary/aromatic N) is 2. The number of guanidine groups is 1. The summed E-state index contributed by atoms with van der Waals surface area (Å²) in [6.07, 6.45) is 1.06. The van der Waals surface area contributed by atoms with Crippen LogP contribution in [0.25, 0.3) is 0 Å². The summed E-state index contributed by atoms with van der Waals surface area (Å²) in [5, 5.41) is 3.52. The molecular formula is C22H32F3N3O2. The van der Waals surface area contributed by atoms with Gasteiger partial charge < -0.3 is 19.7 Å². The molecule has 1 N–H and O–H groups in total. The van der Waals surface area contributed by atoms with Crippen molar-refractivity contribution < 1.29 is 22.6 Å². The van der Waals surface area contributed by atoms with Crippen LogP contribution in [0.4, 0.5) is 13.2 Å². The molecule has 1 aromatic rings. The van der Waals surface area contributed by atoms with Gasteiger partial charge in [0, 0.05) is 33.9 Å². The van der Waals surface area contributed by atoms with Crippen LogP contribution in [0.1, 0.15) is 49.3 Å². The third-order valence-corrected chi connectivity index (χ3v) is 6.29. The van der Waals surface area contributed by atoms with E-state index in [1.54, 1.807) is 20.2 Å². The maximum absolute atomic E-state index is 13.1. The third-order valence-electron chi connectivity index (χ3n) is 6.29. The first-order valence-corrected chi connectivity index (χ1v) is 10.6. The minimum absolute atomic E-state index is 0.221. The molecule has 3 rings (SSSR count). The minimum atomic E-state index is -4.36. The number of nitrogens with one attached hydrogen (secondary N) is 1. The number of hydrogen-bond acceptors (Lipinski definition) is 3. The van der Waals surface area contributed by atoms with Gasteiger partial charge in [0.2, 0.25) is 0 Å². The summed E-state index contributed by atoms with van der Waals surface area (Å²) in [7, 11) is 3.48. The first-order chi connectivity index (χ1) is 14.4. The number of benzene rings is 1. The Balaban J connectivity index is 1.65. The van der Waals surface area contributed by atoms with Crippen molar-refractivity contribution in [2.75, 3.05) is 47.0 Å². The van der Waals surface area contributed by atoms with E-state index in [-0.39, 0.29) is 5.41 Å². The number of rotatable bonds is 6. The average Bonchev–Trinajstić information content (AvgIpc) is 3.21. The Bertz CT molecular complexity index is 718. The van der Waals surface area contributed by atoms with Crippen LogP contribution in [-0.2, 0) is 15.7 Å². The first-order valence-electron chi connectivity index (χ1n) is 10.6. The average molecular weight is 428 g/mol. The smallest absolute Gasteiger partial charge is 0.385 e. The van der Waals surface area contributed by atoms with Gasteiger partial charge >= 0.3 is 6.18 Å². The molecule has 0 bridgehead atoms. The van der Waals surface area contributed by atoms with Gasteiger partial charge in [-0.15, -0.1) is 0 Å². The van der Waals surface area contributed by atoms with E-state index in [2.05, 4.69) is 15.2 Å². The molecule has 0 spiro atoms. The Labute approximate surface area is 176 Å². The monoisotopic (exact) mass is 427 g/mol. The Morgan fingerprint density at radius 3 is 2.77 bits per heavy atom. The molecule has 168 valence electrons. The normalized spacial score (nSPS) is 22.4. The lowest BCUT2D eigenvalue weighted by molar-refractivity contribution is -0.137. The fourth-order valence-electron chi connectivity index (χ4n) is 4.52. The van der Waals surface area contributed by atoms with E-state index < -0.39 is 17.8 Å². The molecule has 2 aliphatic rings. The molecule has 0 aromatic heterocycles. The van der Waals surface area contributed by atoms with E-state index in [0.29, 0.717) is 25.3 Å². The van der Waals surface area contributed by atoms with Crippen LogP contribution in [0.15, 0.2) is 29.3 Å². The molecule has 30 heavy (non-hydrogen) atoms. The molecule has 1 unspecified atom stereocenters. The number of hydrogen-bond donors (Lipinski definition) is 1. The number of morpholine rings is 1. The zero-order chi connectivity index (χ0) is 21.6. The van der Waals surface area contributed by atoms with Crippen LogP contribution < -0.4 is 5.32 Å². The molecule has 0 radical (unpaired) electrons. The predicted molar refractivity (Wildman–Crippen MR) is 110 cm³/mol. The Kier molecular flexibility index (Phi) is 7.63. The summed E-state index contributed by atoms with van der Waals surface area (Å²) in [6, 6.07) is 5.40. The van der Waals surface area contributed by atoms with Crippen LogP contribution in [0, 0.1) is 5.41 Å². The lowest BCUT2D eigenvalue weighted by atomic mass is 9.83. The van der Waals surface area contributed by atoms with Gasteiger partial charge in [0.15, 0.2) is 5.96 Å². The van der Waals surface area contributed by atoms with Crippen molar-refractivity contribution in [2.24, 2.45) is 10.4 Å². The lowest BCUT2D eigenvalue weighted by Gasteiger charge is -2.37. The van der Waals surface area contributed by atoms with Crippen LogP contribution in [0.5, 0.6) is 0 Å². The van der Waals surface area contributed by atoms with E-state index in [1.807, 2.05) is 0 Å². The van der Waals surface area contributed by atoms with Gasteiger partial charge in [0.1, 0.15) is 6.10 Å².